The van der Waals surface area contributed by atoms with Crippen LogP contribution in [0, 0.1) is 5.95 Å². The predicted octanol–water partition coefficient (Wildman–Crippen LogP) is 1.49. The average molecular weight is 355 g/mol. The number of aromatic nitrogens is 3. The van der Waals surface area contributed by atoms with Gasteiger partial charge in [-0.15, -0.1) is 0 Å². The van der Waals surface area contributed by atoms with Crippen LogP contribution in [0.5, 0.6) is 0 Å². The second-order valence-electron chi connectivity index (χ2n) is 5.22. The first-order chi connectivity index (χ1) is 11.9. The van der Waals surface area contributed by atoms with Crippen molar-refractivity contribution in [3.8, 4) is 0 Å². The van der Waals surface area contributed by atoms with Gasteiger partial charge in [-0.3, -0.25) is 9.78 Å². The van der Waals surface area contributed by atoms with E-state index in [1.807, 2.05) is 0 Å². The van der Waals surface area contributed by atoms with Gasteiger partial charge in [-0.2, -0.15) is 4.39 Å². The summed E-state index contributed by atoms with van der Waals surface area (Å²) in [6.45, 7) is 0.0392. The number of hydrogen-bond acceptors (Lipinski definition) is 6. The highest BCUT2D eigenvalue weighted by Gasteiger charge is 2.17. The molecule has 2 N–H and O–H groups in total. The smallest absolute Gasteiger partial charge is 0.280 e. The number of pyridine rings is 1. The van der Waals surface area contributed by atoms with Crippen molar-refractivity contribution in [1.29, 1.82) is 0 Å². The molecule has 0 saturated heterocycles. The number of anilines is 1. The Morgan fingerprint density at radius 3 is 2.56 bits per heavy atom. The summed E-state index contributed by atoms with van der Waals surface area (Å²) in [7, 11) is 1.46. The van der Waals surface area contributed by atoms with Gasteiger partial charge in [-0.1, -0.05) is 0 Å². The van der Waals surface area contributed by atoms with Crippen LogP contribution in [-0.2, 0) is 0 Å². The summed E-state index contributed by atoms with van der Waals surface area (Å²) in [4.78, 5) is 24.1. The summed E-state index contributed by atoms with van der Waals surface area (Å²) < 4.78 is 37.5. The van der Waals surface area contributed by atoms with Gasteiger partial charge < -0.3 is 15.3 Å². The lowest BCUT2D eigenvalue weighted by Crippen LogP contribution is -2.37. The molecule has 7 nitrogen and oxygen atoms in total. The minimum absolute atomic E-state index is 0.0168. The Labute approximate surface area is 141 Å². The Morgan fingerprint density at radius 1 is 1.24 bits per heavy atom. The first-order valence-electron chi connectivity index (χ1n) is 7.26. The second kappa shape index (κ2) is 8.38. The van der Waals surface area contributed by atoms with Crippen LogP contribution in [-0.4, -0.2) is 57.1 Å². The molecule has 0 radical (unpaired) electrons. The van der Waals surface area contributed by atoms with E-state index in [4.69, 9.17) is 0 Å². The summed E-state index contributed by atoms with van der Waals surface area (Å²) in [6, 6.07) is 2.34. The molecule has 2 aromatic rings. The maximum Gasteiger partial charge on any atom is 0.280 e. The van der Waals surface area contributed by atoms with Gasteiger partial charge in [0, 0.05) is 26.3 Å². The minimum Gasteiger partial charge on any atom is -0.389 e. The van der Waals surface area contributed by atoms with Crippen LogP contribution < -0.4 is 5.32 Å². The third-order valence-electron chi connectivity index (χ3n) is 3.23. The number of likely N-dealkylation sites (N-methyl/N-ethyl adjacent to an activating group) is 1. The van der Waals surface area contributed by atoms with Crippen LogP contribution in [0.15, 0.2) is 30.7 Å². The Bertz CT molecular complexity index is 697. The highest BCUT2D eigenvalue weighted by molar-refractivity contribution is 5.93. The Kier molecular flexibility index (Phi) is 6.23. The van der Waals surface area contributed by atoms with Gasteiger partial charge in [-0.25, -0.2) is 18.7 Å². The van der Waals surface area contributed by atoms with E-state index in [9.17, 15) is 23.1 Å². The molecular formula is C15H16F3N5O2. The van der Waals surface area contributed by atoms with E-state index >= 15 is 0 Å². The number of rotatable bonds is 7. The molecule has 1 amide bonds. The molecule has 0 aromatic carbocycles. The summed E-state index contributed by atoms with van der Waals surface area (Å²) in [6.07, 6.45) is -0.467. The first-order valence-corrected chi connectivity index (χ1v) is 7.26. The predicted molar refractivity (Wildman–Crippen MR) is 82.6 cm³/mol. The molecule has 0 aliphatic heterocycles. The molecule has 10 heteroatoms. The molecule has 25 heavy (non-hydrogen) atoms. The monoisotopic (exact) mass is 355 g/mol. The van der Waals surface area contributed by atoms with Crippen molar-refractivity contribution in [2.75, 3.05) is 25.5 Å². The molecule has 0 bridgehead atoms. The lowest BCUT2D eigenvalue weighted by atomic mass is 10.2. The quantitative estimate of drug-likeness (QED) is 0.782. The maximum absolute atomic E-state index is 12.6. The topological polar surface area (TPSA) is 91.2 Å². The first kappa shape index (κ1) is 18.6. The third kappa shape index (κ3) is 5.38. The Hall–Kier alpha value is -2.75. The standard InChI is InChI=1S/C15H16F3N5O2/c1-23(15(25)9-2-3-11(14(17)18)19-4-9)8-10(24)5-21-13-7-20-12(16)6-22-13/h2-4,6-7,10,14,24H,5,8H2,1H3,(H,21,22). The molecule has 0 saturated carbocycles. The Morgan fingerprint density at radius 2 is 2.00 bits per heavy atom. The van der Waals surface area contributed by atoms with Gasteiger partial charge in [0.1, 0.15) is 11.5 Å². The zero-order valence-corrected chi connectivity index (χ0v) is 13.2. The van der Waals surface area contributed by atoms with E-state index in [0.717, 1.165) is 18.5 Å². The molecule has 1 unspecified atom stereocenters. The molecule has 0 aliphatic rings. The molecular weight excluding hydrogens is 339 g/mol. The summed E-state index contributed by atoms with van der Waals surface area (Å²) >= 11 is 0. The van der Waals surface area contributed by atoms with Crippen LogP contribution in [0.2, 0.25) is 0 Å². The van der Waals surface area contributed by atoms with Crippen molar-refractivity contribution in [3.05, 3.63) is 47.9 Å². The van der Waals surface area contributed by atoms with E-state index < -0.39 is 30.1 Å². The van der Waals surface area contributed by atoms with E-state index in [-0.39, 0.29) is 24.5 Å². The highest BCUT2D eigenvalue weighted by atomic mass is 19.3. The molecule has 0 aliphatic carbocycles. The van der Waals surface area contributed by atoms with Crippen LogP contribution in [0.3, 0.4) is 0 Å². The van der Waals surface area contributed by atoms with Crippen molar-refractivity contribution in [3.63, 3.8) is 0 Å². The number of carbonyl (C=O) groups excluding carboxylic acids is 1. The van der Waals surface area contributed by atoms with E-state index in [0.29, 0.717) is 0 Å². The maximum atomic E-state index is 12.6. The number of nitrogens with zero attached hydrogens (tertiary/aromatic N) is 4. The number of alkyl halides is 2. The van der Waals surface area contributed by atoms with Crippen LogP contribution in [0.25, 0.3) is 0 Å². The largest absolute Gasteiger partial charge is 0.389 e. The zero-order chi connectivity index (χ0) is 18.4. The second-order valence-corrected chi connectivity index (χ2v) is 5.22. The number of aliphatic hydroxyl groups is 1. The van der Waals surface area contributed by atoms with Gasteiger partial charge in [0.05, 0.1) is 24.1 Å². The Balaban J connectivity index is 1.85. The number of carbonyl (C=O) groups is 1. The molecule has 1 atom stereocenters. The summed E-state index contributed by atoms with van der Waals surface area (Å²) in [5.74, 6) is -0.905. The molecule has 2 aromatic heterocycles. The SMILES string of the molecule is CN(CC(O)CNc1cnc(F)cn1)C(=O)c1ccc(C(F)F)nc1. The van der Waals surface area contributed by atoms with Crippen LogP contribution in [0.4, 0.5) is 19.0 Å². The molecule has 134 valence electrons. The van der Waals surface area contributed by atoms with E-state index in [1.165, 1.54) is 24.2 Å². The van der Waals surface area contributed by atoms with Crippen molar-refractivity contribution >= 4 is 11.7 Å². The summed E-state index contributed by atoms with van der Waals surface area (Å²) in [5.41, 5.74) is -0.277. The number of aliphatic hydroxyl groups excluding tert-OH is 1. The fraction of sp³-hybridized carbons (Fsp3) is 0.333. The summed E-state index contributed by atoms with van der Waals surface area (Å²) in [5, 5.41) is 12.7. The minimum atomic E-state index is -2.70. The van der Waals surface area contributed by atoms with Gasteiger partial charge in [0.15, 0.2) is 0 Å². The molecule has 0 fully saturated rings. The fourth-order valence-electron chi connectivity index (χ4n) is 1.97. The zero-order valence-electron chi connectivity index (χ0n) is 13.2. The fourth-order valence-corrected chi connectivity index (χ4v) is 1.97. The lowest BCUT2D eigenvalue weighted by molar-refractivity contribution is 0.0696. The normalized spacial score (nSPS) is 12.1. The van der Waals surface area contributed by atoms with Crippen LogP contribution in [0.1, 0.15) is 22.5 Å². The van der Waals surface area contributed by atoms with Gasteiger partial charge in [0.2, 0.25) is 5.95 Å². The lowest BCUT2D eigenvalue weighted by Gasteiger charge is -2.21. The van der Waals surface area contributed by atoms with Crippen molar-refractivity contribution < 1.29 is 23.1 Å². The van der Waals surface area contributed by atoms with Gasteiger partial charge >= 0.3 is 0 Å². The number of halogens is 3. The molecule has 2 rings (SSSR count). The number of hydrogen-bond donors (Lipinski definition) is 2. The van der Waals surface area contributed by atoms with Crippen molar-refractivity contribution in [2.45, 2.75) is 12.5 Å². The third-order valence-corrected chi connectivity index (χ3v) is 3.23. The molecule has 0 spiro atoms. The van der Waals surface area contributed by atoms with E-state index in [1.54, 1.807) is 0 Å². The van der Waals surface area contributed by atoms with Crippen molar-refractivity contribution in [2.24, 2.45) is 0 Å². The van der Waals surface area contributed by atoms with Gasteiger partial charge in [0.25, 0.3) is 12.3 Å². The van der Waals surface area contributed by atoms with Crippen molar-refractivity contribution in [1.82, 2.24) is 19.9 Å². The van der Waals surface area contributed by atoms with Crippen LogP contribution >= 0.6 is 0 Å². The van der Waals surface area contributed by atoms with Gasteiger partial charge in [-0.05, 0) is 12.1 Å². The highest BCUT2D eigenvalue weighted by Crippen LogP contribution is 2.16. The van der Waals surface area contributed by atoms with E-state index in [2.05, 4.69) is 20.3 Å². The average Bonchev–Trinajstić information content (AvgIpc) is 2.60. The number of amides is 1. The number of nitrogens with one attached hydrogen (secondary N) is 1. The molecule has 2 heterocycles.